The Balaban J connectivity index is 2.56. The fourth-order valence-electron chi connectivity index (χ4n) is 2.01. The highest BCUT2D eigenvalue weighted by atomic mass is 35.5. The van der Waals surface area contributed by atoms with Crippen LogP contribution in [0.3, 0.4) is 0 Å². The summed E-state index contributed by atoms with van der Waals surface area (Å²) in [5.74, 6) is 0.413. The largest absolute Gasteiger partial charge is 0.321 e. The highest BCUT2D eigenvalue weighted by Crippen LogP contribution is 2.48. The zero-order valence-corrected chi connectivity index (χ0v) is 9.60. The number of aryl methyl sites for hydroxylation is 1. The molecule has 0 aromatic carbocycles. The summed E-state index contributed by atoms with van der Waals surface area (Å²) in [6.07, 6.45) is 2.05. The van der Waals surface area contributed by atoms with Crippen molar-refractivity contribution in [1.82, 2.24) is 9.78 Å². The van der Waals surface area contributed by atoms with Crippen molar-refractivity contribution in [3.8, 4) is 0 Å². The molecule has 4 heteroatoms. The molecule has 1 aliphatic rings. The fraction of sp³-hybridized carbons (Fsp3) is 0.700. The minimum absolute atomic E-state index is 0.190. The van der Waals surface area contributed by atoms with Crippen molar-refractivity contribution >= 4 is 11.6 Å². The molecule has 0 spiro atoms. The maximum absolute atomic E-state index is 6.18. The summed E-state index contributed by atoms with van der Waals surface area (Å²) in [7, 11) is 1.93. The average molecular weight is 214 g/mol. The van der Waals surface area contributed by atoms with Crippen molar-refractivity contribution < 1.29 is 0 Å². The van der Waals surface area contributed by atoms with Crippen LogP contribution in [-0.2, 0) is 12.6 Å². The molecule has 0 bridgehead atoms. The van der Waals surface area contributed by atoms with Gasteiger partial charge in [0.25, 0.3) is 0 Å². The molecule has 3 nitrogen and oxygen atoms in total. The molecular weight excluding hydrogens is 198 g/mol. The number of halogens is 1. The Morgan fingerprint density at radius 3 is 2.50 bits per heavy atom. The van der Waals surface area contributed by atoms with E-state index in [1.54, 1.807) is 0 Å². The molecule has 0 aliphatic heterocycles. The maximum atomic E-state index is 6.18. The van der Waals surface area contributed by atoms with Crippen LogP contribution in [0.2, 0.25) is 5.15 Å². The third-order valence-corrected chi connectivity index (χ3v) is 3.15. The van der Waals surface area contributed by atoms with Gasteiger partial charge in [-0.3, -0.25) is 4.68 Å². The number of nitrogens with zero attached hydrogens (tertiary/aromatic N) is 2. The van der Waals surface area contributed by atoms with Crippen molar-refractivity contribution in [1.29, 1.82) is 0 Å². The van der Waals surface area contributed by atoms with E-state index in [1.165, 1.54) is 5.69 Å². The van der Waals surface area contributed by atoms with Crippen molar-refractivity contribution in [2.45, 2.75) is 38.1 Å². The number of rotatable bonds is 2. The van der Waals surface area contributed by atoms with Crippen LogP contribution in [0.25, 0.3) is 0 Å². The second kappa shape index (κ2) is 2.97. The van der Waals surface area contributed by atoms with E-state index in [4.69, 9.17) is 17.3 Å². The van der Waals surface area contributed by atoms with E-state index in [-0.39, 0.29) is 5.54 Å². The summed E-state index contributed by atoms with van der Waals surface area (Å²) in [6, 6.07) is 0. The van der Waals surface area contributed by atoms with Crippen LogP contribution in [0.1, 0.15) is 43.9 Å². The first-order valence-electron chi connectivity index (χ1n) is 4.97. The Hall–Kier alpha value is -0.540. The fourth-order valence-corrected chi connectivity index (χ4v) is 2.41. The molecule has 0 unspecified atom stereocenters. The van der Waals surface area contributed by atoms with E-state index < -0.39 is 0 Å². The van der Waals surface area contributed by atoms with Gasteiger partial charge in [0.1, 0.15) is 0 Å². The Morgan fingerprint density at radius 1 is 1.50 bits per heavy atom. The molecule has 1 heterocycles. The molecule has 1 fully saturated rings. The second-order valence-corrected chi connectivity index (χ2v) is 4.84. The van der Waals surface area contributed by atoms with Gasteiger partial charge in [0.05, 0.1) is 0 Å². The molecule has 2 N–H and O–H groups in total. The Labute approximate surface area is 89.2 Å². The first-order valence-corrected chi connectivity index (χ1v) is 5.35. The van der Waals surface area contributed by atoms with Gasteiger partial charge in [-0.05, 0) is 18.8 Å². The molecule has 0 atom stereocenters. The predicted octanol–water partition coefficient (Wildman–Crippen LogP) is 2.14. The van der Waals surface area contributed by atoms with Gasteiger partial charge in [0.2, 0.25) is 0 Å². The molecule has 78 valence electrons. The van der Waals surface area contributed by atoms with Crippen LogP contribution in [0, 0.1) is 0 Å². The quantitative estimate of drug-likeness (QED) is 0.818. The number of hydrogen-bond donors (Lipinski definition) is 1. The van der Waals surface area contributed by atoms with E-state index in [9.17, 15) is 0 Å². The summed E-state index contributed by atoms with van der Waals surface area (Å²) in [6.45, 7) is 4.28. The topological polar surface area (TPSA) is 43.8 Å². The molecule has 0 saturated heterocycles. The molecular formula is C10H16ClN3. The van der Waals surface area contributed by atoms with E-state index in [0.29, 0.717) is 11.1 Å². The van der Waals surface area contributed by atoms with Gasteiger partial charge in [-0.25, -0.2) is 0 Å². The number of nitrogens with two attached hydrogens (primary N) is 1. The first kappa shape index (κ1) is 9.99. The van der Waals surface area contributed by atoms with Crippen LogP contribution < -0.4 is 5.73 Å². The smallest absolute Gasteiger partial charge is 0.156 e. The predicted molar refractivity (Wildman–Crippen MR) is 57.4 cm³/mol. The summed E-state index contributed by atoms with van der Waals surface area (Å²) in [4.78, 5) is 0. The van der Waals surface area contributed by atoms with Gasteiger partial charge < -0.3 is 5.73 Å². The summed E-state index contributed by atoms with van der Waals surface area (Å²) in [5.41, 5.74) is 8.24. The van der Waals surface area contributed by atoms with Crippen molar-refractivity contribution in [3.63, 3.8) is 0 Å². The second-order valence-electron chi connectivity index (χ2n) is 4.49. The van der Waals surface area contributed by atoms with Crippen molar-refractivity contribution in [2.75, 3.05) is 0 Å². The minimum Gasteiger partial charge on any atom is -0.321 e. The first-order chi connectivity index (χ1) is 6.46. The minimum atomic E-state index is -0.190. The molecule has 14 heavy (non-hydrogen) atoms. The number of hydrogen-bond acceptors (Lipinski definition) is 2. The van der Waals surface area contributed by atoms with Gasteiger partial charge in [0.15, 0.2) is 5.15 Å². The molecule has 1 aromatic heterocycles. The van der Waals surface area contributed by atoms with E-state index in [0.717, 1.165) is 18.4 Å². The molecule has 0 radical (unpaired) electrons. The molecule has 0 amide bonds. The van der Waals surface area contributed by atoms with Crippen LogP contribution in [0.15, 0.2) is 0 Å². The average Bonchev–Trinajstić information content (AvgIpc) is 2.70. The van der Waals surface area contributed by atoms with E-state index in [1.807, 2.05) is 11.7 Å². The maximum Gasteiger partial charge on any atom is 0.156 e. The summed E-state index contributed by atoms with van der Waals surface area (Å²) >= 11 is 6.11. The lowest BCUT2D eigenvalue weighted by atomic mass is 9.99. The highest BCUT2D eigenvalue weighted by molar-refractivity contribution is 6.30. The summed E-state index contributed by atoms with van der Waals surface area (Å²) < 4.78 is 1.86. The van der Waals surface area contributed by atoms with E-state index >= 15 is 0 Å². The Bertz CT molecular complexity index is 364. The SMILES string of the molecule is CC(C)c1c(C2(N)CC2)c(Cl)nn1C. The van der Waals surface area contributed by atoms with Gasteiger partial charge in [-0.15, -0.1) is 0 Å². The molecule has 1 aliphatic carbocycles. The van der Waals surface area contributed by atoms with Crippen molar-refractivity contribution in [2.24, 2.45) is 12.8 Å². The summed E-state index contributed by atoms with van der Waals surface area (Å²) in [5, 5.41) is 4.82. The normalized spacial score (nSPS) is 19.0. The number of aromatic nitrogens is 2. The van der Waals surface area contributed by atoms with Crippen LogP contribution in [0.4, 0.5) is 0 Å². The monoisotopic (exact) mass is 213 g/mol. The Kier molecular flexibility index (Phi) is 2.12. The van der Waals surface area contributed by atoms with Gasteiger partial charge in [-0.2, -0.15) is 5.10 Å². The lowest BCUT2D eigenvalue weighted by Crippen LogP contribution is -2.21. The Morgan fingerprint density at radius 2 is 2.07 bits per heavy atom. The molecule has 1 aromatic rings. The third kappa shape index (κ3) is 1.35. The zero-order chi connectivity index (χ0) is 10.5. The lowest BCUT2D eigenvalue weighted by molar-refractivity contribution is 0.643. The van der Waals surface area contributed by atoms with Crippen molar-refractivity contribution in [3.05, 3.63) is 16.4 Å². The highest BCUT2D eigenvalue weighted by Gasteiger charge is 2.45. The van der Waals surface area contributed by atoms with Gasteiger partial charge >= 0.3 is 0 Å². The van der Waals surface area contributed by atoms with Crippen LogP contribution in [-0.4, -0.2) is 9.78 Å². The van der Waals surface area contributed by atoms with Crippen LogP contribution >= 0.6 is 11.6 Å². The van der Waals surface area contributed by atoms with Gasteiger partial charge in [-0.1, -0.05) is 25.4 Å². The lowest BCUT2D eigenvalue weighted by Gasteiger charge is -2.14. The standard InChI is InChI=1S/C10H16ClN3/c1-6(2)8-7(10(12)4-5-10)9(11)13-14(8)3/h6H,4-5,12H2,1-3H3. The van der Waals surface area contributed by atoms with Gasteiger partial charge in [0, 0.05) is 23.8 Å². The molecule has 1 saturated carbocycles. The van der Waals surface area contributed by atoms with E-state index in [2.05, 4.69) is 18.9 Å². The zero-order valence-electron chi connectivity index (χ0n) is 8.84. The molecule has 2 rings (SSSR count). The van der Waals surface area contributed by atoms with Crippen LogP contribution in [0.5, 0.6) is 0 Å². The third-order valence-electron chi connectivity index (χ3n) is 2.88.